The zero-order valence-electron chi connectivity index (χ0n) is 6.13. The maximum atomic E-state index is 12.8. The average molecular weight is 166 g/mol. The van der Waals surface area contributed by atoms with Crippen LogP contribution in [0.4, 0.5) is 10.1 Å². The molecule has 62 valence electrons. The summed E-state index contributed by atoms with van der Waals surface area (Å²) in [4.78, 5) is 2.56. The van der Waals surface area contributed by atoms with Crippen molar-refractivity contribution in [2.24, 2.45) is 0 Å². The zero-order chi connectivity index (χ0) is 8.72. The van der Waals surface area contributed by atoms with Gasteiger partial charge in [-0.2, -0.15) is 0 Å². The molecule has 2 aromatic rings. The van der Waals surface area contributed by atoms with E-state index in [2.05, 4.69) is 4.98 Å². The van der Waals surface area contributed by atoms with Crippen molar-refractivity contribution in [2.75, 3.05) is 5.73 Å². The molecule has 0 atom stereocenters. The van der Waals surface area contributed by atoms with E-state index < -0.39 is 5.82 Å². The number of nitrogens with two attached hydrogens (primary N) is 1. The van der Waals surface area contributed by atoms with E-state index in [9.17, 15) is 9.50 Å². The summed E-state index contributed by atoms with van der Waals surface area (Å²) < 4.78 is 12.8. The Balaban J connectivity index is 2.87. The van der Waals surface area contributed by atoms with Gasteiger partial charge in [-0.15, -0.1) is 0 Å². The lowest BCUT2D eigenvalue weighted by Crippen LogP contribution is -1.88. The van der Waals surface area contributed by atoms with E-state index in [0.29, 0.717) is 10.8 Å². The standard InChI is InChI=1S/C8H7FN2O/c9-6-1-4-3-11-8(12)5(4)2-7(6)10/h1-3,11-12H,10H2. The normalized spacial score (nSPS) is 10.8. The number of hydrogen-bond donors (Lipinski definition) is 3. The van der Waals surface area contributed by atoms with Crippen LogP contribution in [0, 0.1) is 5.82 Å². The molecule has 0 unspecified atom stereocenters. The van der Waals surface area contributed by atoms with Gasteiger partial charge in [0, 0.05) is 17.0 Å². The van der Waals surface area contributed by atoms with E-state index in [0.717, 1.165) is 0 Å². The Morgan fingerprint density at radius 1 is 1.42 bits per heavy atom. The Morgan fingerprint density at radius 2 is 2.17 bits per heavy atom. The predicted octanol–water partition coefficient (Wildman–Crippen LogP) is 1.59. The highest BCUT2D eigenvalue weighted by Gasteiger charge is 2.05. The lowest BCUT2D eigenvalue weighted by molar-refractivity contribution is 0.462. The van der Waals surface area contributed by atoms with Gasteiger partial charge in [0.2, 0.25) is 0 Å². The third kappa shape index (κ3) is 0.812. The van der Waals surface area contributed by atoms with Crippen LogP contribution < -0.4 is 5.73 Å². The fraction of sp³-hybridized carbons (Fsp3) is 0. The second-order valence-electron chi connectivity index (χ2n) is 2.60. The van der Waals surface area contributed by atoms with Gasteiger partial charge in [0.05, 0.1) is 5.69 Å². The summed E-state index contributed by atoms with van der Waals surface area (Å²) in [7, 11) is 0. The molecule has 0 spiro atoms. The Labute approximate surface area is 67.6 Å². The van der Waals surface area contributed by atoms with Crippen LogP contribution in [-0.2, 0) is 0 Å². The number of benzene rings is 1. The number of aromatic hydroxyl groups is 1. The van der Waals surface area contributed by atoms with Crippen molar-refractivity contribution in [1.29, 1.82) is 0 Å². The van der Waals surface area contributed by atoms with E-state index in [4.69, 9.17) is 5.73 Å². The molecule has 0 fully saturated rings. The van der Waals surface area contributed by atoms with Crippen LogP contribution >= 0.6 is 0 Å². The summed E-state index contributed by atoms with van der Waals surface area (Å²) in [6.07, 6.45) is 1.52. The predicted molar refractivity (Wildman–Crippen MR) is 44.3 cm³/mol. The van der Waals surface area contributed by atoms with Crippen LogP contribution in [0.15, 0.2) is 18.3 Å². The maximum absolute atomic E-state index is 12.8. The highest BCUT2D eigenvalue weighted by atomic mass is 19.1. The quantitative estimate of drug-likeness (QED) is 0.520. The molecule has 0 amide bonds. The molecular weight excluding hydrogens is 159 g/mol. The molecule has 0 saturated heterocycles. The third-order valence-electron chi connectivity index (χ3n) is 1.79. The topological polar surface area (TPSA) is 62.0 Å². The molecule has 0 bridgehead atoms. The average Bonchev–Trinajstić information content (AvgIpc) is 2.35. The van der Waals surface area contributed by atoms with Crippen molar-refractivity contribution in [3.8, 4) is 5.88 Å². The maximum Gasteiger partial charge on any atom is 0.196 e. The molecule has 1 aromatic carbocycles. The number of H-pyrrole nitrogens is 1. The van der Waals surface area contributed by atoms with Crippen molar-refractivity contribution < 1.29 is 9.50 Å². The number of nitrogen functional groups attached to an aromatic ring is 1. The fourth-order valence-electron chi connectivity index (χ4n) is 1.15. The third-order valence-corrected chi connectivity index (χ3v) is 1.79. The molecule has 3 nitrogen and oxygen atoms in total. The second-order valence-corrected chi connectivity index (χ2v) is 2.60. The molecule has 12 heavy (non-hydrogen) atoms. The molecule has 4 heteroatoms. The molecule has 0 aliphatic carbocycles. The van der Waals surface area contributed by atoms with E-state index in [1.165, 1.54) is 18.3 Å². The van der Waals surface area contributed by atoms with Crippen LogP contribution in [0.2, 0.25) is 0 Å². The van der Waals surface area contributed by atoms with Crippen LogP contribution in [0.5, 0.6) is 5.88 Å². The highest BCUT2D eigenvalue weighted by Crippen LogP contribution is 2.27. The van der Waals surface area contributed by atoms with Gasteiger partial charge in [0.15, 0.2) is 5.88 Å². The highest BCUT2D eigenvalue weighted by molar-refractivity contribution is 5.90. The van der Waals surface area contributed by atoms with Gasteiger partial charge in [-0.3, -0.25) is 0 Å². The van der Waals surface area contributed by atoms with E-state index in [1.807, 2.05) is 0 Å². The summed E-state index contributed by atoms with van der Waals surface area (Å²) in [5.74, 6) is -0.460. The first kappa shape index (κ1) is 6.97. The molecule has 0 radical (unpaired) electrons. The first-order chi connectivity index (χ1) is 5.68. The fourth-order valence-corrected chi connectivity index (χ4v) is 1.15. The van der Waals surface area contributed by atoms with E-state index >= 15 is 0 Å². The van der Waals surface area contributed by atoms with Gasteiger partial charge >= 0.3 is 0 Å². The first-order valence-electron chi connectivity index (χ1n) is 3.43. The van der Waals surface area contributed by atoms with Crippen molar-refractivity contribution in [3.63, 3.8) is 0 Å². The second kappa shape index (κ2) is 2.14. The SMILES string of the molecule is Nc1cc2c(O)[nH]cc2cc1F. The van der Waals surface area contributed by atoms with Crippen LogP contribution in [0.1, 0.15) is 0 Å². The van der Waals surface area contributed by atoms with E-state index in [1.54, 1.807) is 0 Å². The summed E-state index contributed by atoms with van der Waals surface area (Å²) in [6, 6.07) is 2.68. The van der Waals surface area contributed by atoms with Gasteiger partial charge in [0.1, 0.15) is 5.82 Å². The minimum atomic E-state index is -0.471. The summed E-state index contributed by atoms with van der Waals surface area (Å²) in [5.41, 5.74) is 5.35. The Morgan fingerprint density at radius 3 is 2.92 bits per heavy atom. The molecule has 0 saturated carbocycles. The Hall–Kier alpha value is -1.71. The smallest absolute Gasteiger partial charge is 0.196 e. The van der Waals surface area contributed by atoms with Crippen molar-refractivity contribution in [1.82, 2.24) is 4.98 Å². The van der Waals surface area contributed by atoms with Gasteiger partial charge in [0.25, 0.3) is 0 Å². The molecule has 0 aliphatic heterocycles. The molecule has 0 aliphatic rings. The summed E-state index contributed by atoms with van der Waals surface area (Å²) in [5, 5.41) is 10.3. The van der Waals surface area contributed by atoms with Crippen molar-refractivity contribution in [2.45, 2.75) is 0 Å². The zero-order valence-corrected chi connectivity index (χ0v) is 6.13. The Bertz CT molecular complexity index is 436. The number of nitrogens with one attached hydrogen (secondary N) is 1. The number of rotatable bonds is 0. The minimum Gasteiger partial charge on any atom is -0.494 e. The summed E-state index contributed by atoms with van der Waals surface area (Å²) in [6.45, 7) is 0. The number of halogens is 1. The van der Waals surface area contributed by atoms with E-state index in [-0.39, 0.29) is 11.6 Å². The van der Waals surface area contributed by atoms with Gasteiger partial charge in [-0.25, -0.2) is 4.39 Å². The number of aromatic nitrogens is 1. The molecular formula is C8H7FN2O. The number of hydrogen-bond acceptors (Lipinski definition) is 2. The largest absolute Gasteiger partial charge is 0.494 e. The number of fused-ring (bicyclic) bond motifs is 1. The number of anilines is 1. The molecule has 1 aromatic heterocycles. The van der Waals surface area contributed by atoms with Crippen molar-refractivity contribution >= 4 is 16.5 Å². The minimum absolute atomic E-state index is 0.0108. The lowest BCUT2D eigenvalue weighted by Gasteiger charge is -1.95. The molecule has 2 rings (SSSR count). The number of aromatic amines is 1. The van der Waals surface area contributed by atoms with Gasteiger partial charge in [-0.1, -0.05) is 0 Å². The van der Waals surface area contributed by atoms with Crippen molar-refractivity contribution in [3.05, 3.63) is 24.1 Å². The summed E-state index contributed by atoms with van der Waals surface area (Å²) >= 11 is 0. The Kier molecular flexibility index (Phi) is 1.24. The molecule has 4 N–H and O–H groups in total. The first-order valence-corrected chi connectivity index (χ1v) is 3.43. The van der Waals surface area contributed by atoms with Crippen LogP contribution in [-0.4, -0.2) is 10.1 Å². The lowest BCUT2D eigenvalue weighted by atomic mass is 10.2. The van der Waals surface area contributed by atoms with Gasteiger partial charge in [-0.05, 0) is 12.1 Å². The van der Waals surface area contributed by atoms with Gasteiger partial charge < -0.3 is 15.8 Å². The van der Waals surface area contributed by atoms with Crippen LogP contribution in [0.25, 0.3) is 10.8 Å². The monoisotopic (exact) mass is 166 g/mol. The van der Waals surface area contributed by atoms with Crippen LogP contribution in [0.3, 0.4) is 0 Å². The molecule has 1 heterocycles.